The van der Waals surface area contributed by atoms with Crippen LogP contribution in [0.2, 0.25) is 0 Å². The van der Waals surface area contributed by atoms with Crippen molar-refractivity contribution in [1.29, 1.82) is 0 Å². The van der Waals surface area contributed by atoms with Crippen LogP contribution in [0.1, 0.15) is 55.7 Å². The summed E-state index contributed by atoms with van der Waals surface area (Å²) < 4.78 is 0. The molecule has 1 aliphatic carbocycles. The normalized spacial score (nSPS) is 20.6. The van der Waals surface area contributed by atoms with Gasteiger partial charge in [0, 0.05) is 36.1 Å². The van der Waals surface area contributed by atoms with Crippen molar-refractivity contribution in [1.82, 2.24) is 0 Å². The second-order valence-corrected chi connectivity index (χ2v) is 9.45. The molecule has 1 atom stereocenters. The van der Waals surface area contributed by atoms with E-state index in [1.54, 1.807) is 19.1 Å². The van der Waals surface area contributed by atoms with Crippen LogP contribution in [0.25, 0.3) is 0 Å². The number of carbonyl (C=O) groups excluding carboxylic acids is 2. The number of ketones is 1. The Morgan fingerprint density at radius 3 is 2.29 bits per heavy atom. The van der Waals surface area contributed by atoms with Gasteiger partial charge >= 0.3 is 0 Å². The average Bonchev–Trinajstić information content (AvgIpc) is 2.67. The summed E-state index contributed by atoms with van der Waals surface area (Å²) in [6.07, 6.45) is 1.01. The van der Waals surface area contributed by atoms with Crippen molar-refractivity contribution in [3.8, 4) is 0 Å². The van der Waals surface area contributed by atoms with E-state index in [1.807, 2.05) is 45.0 Å². The van der Waals surface area contributed by atoms with Crippen molar-refractivity contribution < 1.29 is 14.5 Å². The number of allylic oxidation sites excluding steroid dienone is 2. The first-order valence-corrected chi connectivity index (χ1v) is 10.5. The Balaban J connectivity index is 1.94. The van der Waals surface area contributed by atoms with Gasteiger partial charge in [-0.25, -0.2) is 0 Å². The van der Waals surface area contributed by atoms with Crippen LogP contribution in [0.3, 0.4) is 0 Å². The van der Waals surface area contributed by atoms with Gasteiger partial charge in [0.1, 0.15) is 5.69 Å². The Labute approximate surface area is 181 Å². The molecule has 0 aromatic heterocycles. The number of hydrogen-bond donors (Lipinski definition) is 0. The lowest BCUT2D eigenvalue weighted by Gasteiger charge is -2.42. The second kappa shape index (κ2) is 7.45. The van der Waals surface area contributed by atoms with Crippen molar-refractivity contribution in [3.05, 3.63) is 80.5 Å². The summed E-state index contributed by atoms with van der Waals surface area (Å²) in [5.74, 6) is -0.529. The lowest BCUT2D eigenvalue weighted by molar-refractivity contribution is -0.384. The van der Waals surface area contributed by atoms with E-state index in [2.05, 4.69) is 0 Å². The molecule has 0 spiro atoms. The molecule has 0 N–H and O–H groups in total. The van der Waals surface area contributed by atoms with Gasteiger partial charge in [0.25, 0.3) is 5.69 Å². The van der Waals surface area contributed by atoms with Gasteiger partial charge < -0.3 is 0 Å². The highest BCUT2D eigenvalue weighted by Crippen LogP contribution is 2.49. The molecule has 0 bridgehead atoms. The van der Waals surface area contributed by atoms with E-state index < -0.39 is 4.92 Å². The number of nitro groups is 1. The van der Waals surface area contributed by atoms with E-state index in [-0.39, 0.29) is 40.8 Å². The standard InChI is InChI=1S/C25H26N2O4/c1-15-5-8-17(9-6-15)18-12-23(29)26(19-10-7-16(2)11-20(19)27(30)31)21-13-25(3,4)14-22(28)24(18)21/h5-11,18H,12-14H2,1-4H3. The van der Waals surface area contributed by atoms with Crippen LogP contribution in [0.4, 0.5) is 11.4 Å². The van der Waals surface area contributed by atoms with Crippen LogP contribution in [0.5, 0.6) is 0 Å². The molecule has 31 heavy (non-hydrogen) atoms. The smallest absolute Gasteiger partial charge is 0.293 e. The number of anilines is 1. The summed E-state index contributed by atoms with van der Waals surface area (Å²) >= 11 is 0. The molecule has 0 fully saturated rings. The van der Waals surface area contributed by atoms with Gasteiger partial charge in [0.2, 0.25) is 5.91 Å². The average molecular weight is 418 g/mol. The Morgan fingerprint density at radius 1 is 1.00 bits per heavy atom. The highest BCUT2D eigenvalue weighted by molar-refractivity contribution is 6.08. The summed E-state index contributed by atoms with van der Waals surface area (Å²) in [7, 11) is 0. The molecule has 2 aromatic carbocycles. The molecule has 1 aliphatic heterocycles. The fourth-order valence-electron chi connectivity index (χ4n) is 4.75. The van der Waals surface area contributed by atoms with Crippen LogP contribution in [-0.4, -0.2) is 16.6 Å². The first kappa shape index (κ1) is 21.0. The Bertz CT molecular complexity index is 1130. The topological polar surface area (TPSA) is 80.5 Å². The van der Waals surface area contributed by atoms with E-state index in [4.69, 9.17) is 0 Å². The van der Waals surface area contributed by atoms with Crippen LogP contribution >= 0.6 is 0 Å². The summed E-state index contributed by atoms with van der Waals surface area (Å²) in [6.45, 7) is 7.76. The summed E-state index contributed by atoms with van der Waals surface area (Å²) in [5.41, 5.74) is 3.79. The van der Waals surface area contributed by atoms with Crippen molar-refractivity contribution >= 4 is 23.1 Å². The maximum atomic E-state index is 13.4. The van der Waals surface area contributed by atoms with E-state index in [0.29, 0.717) is 24.1 Å². The first-order chi connectivity index (χ1) is 14.6. The number of nitrogens with zero attached hydrogens (tertiary/aromatic N) is 2. The molecule has 0 saturated carbocycles. The van der Waals surface area contributed by atoms with Crippen molar-refractivity contribution in [2.75, 3.05) is 4.90 Å². The molecule has 2 aromatic rings. The van der Waals surface area contributed by atoms with E-state index in [1.165, 1.54) is 11.0 Å². The summed E-state index contributed by atoms with van der Waals surface area (Å²) in [5, 5.41) is 11.8. The number of rotatable bonds is 3. The van der Waals surface area contributed by atoms with Gasteiger partial charge in [0.05, 0.1) is 4.92 Å². The second-order valence-electron chi connectivity index (χ2n) is 9.45. The number of nitro benzene ring substituents is 1. The number of carbonyl (C=O) groups is 2. The minimum atomic E-state index is -0.461. The maximum Gasteiger partial charge on any atom is 0.293 e. The van der Waals surface area contributed by atoms with E-state index in [0.717, 1.165) is 16.7 Å². The van der Waals surface area contributed by atoms with Crippen molar-refractivity contribution in [2.45, 2.75) is 52.9 Å². The molecule has 6 heteroatoms. The van der Waals surface area contributed by atoms with E-state index in [9.17, 15) is 19.7 Å². The van der Waals surface area contributed by atoms with Gasteiger partial charge in [-0.15, -0.1) is 0 Å². The monoisotopic (exact) mass is 418 g/mol. The van der Waals surface area contributed by atoms with Crippen molar-refractivity contribution in [3.63, 3.8) is 0 Å². The van der Waals surface area contributed by atoms with Gasteiger partial charge in [-0.3, -0.25) is 24.6 Å². The third-order valence-corrected chi connectivity index (χ3v) is 6.19. The molecule has 4 rings (SSSR count). The molecule has 1 heterocycles. The predicted octanol–water partition coefficient (Wildman–Crippen LogP) is 5.38. The largest absolute Gasteiger partial charge is 0.294 e. The van der Waals surface area contributed by atoms with Gasteiger partial charge in [-0.2, -0.15) is 0 Å². The van der Waals surface area contributed by atoms with E-state index >= 15 is 0 Å². The van der Waals surface area contributed by atoms with Crippen molar-refractivity contribution in [2.24, 2.45) is 5.41 Å². The fourth-order valence-corrected chi connectivity index (χ4v) is 4.75. The highest BCUT2D eigenvalue weighted by atomic mass is 16.6. The maximum absolute atomic E-state index is 13.4. The molecule has 1 amide bonds. The number of benzene rings is 2. The molecular formula is C25H26N2O4. The van der Waals surface area contributed by atoms with Crippen LogP contribution < -0.4 is 4.90 Å². The molecule has 160 valence electrons. The molecule has 0 saturated heterocycles. The van der Waals surface area contributed by atoms with Crippen LogP contribution in [0.15, 0.2) is 53.7 Å². The zero-order valence-electron chi connectivity index (χ0n) is 18.3. The lowest BCUT2D eigenvalue weighted by atomic mass is 9.69. The Morgan fingerprint density at radius 2 is 1.65 bits per heavy atom. The number of Topliss-reactive ketones (excluding diaryl/α,β-unsaturated/α-hetero) is 1. The first-order valence-electron chi connectivity index (χ1n) is 10.5. The van der Waals surface area contributed by atoms with Gasteiger partial charge in [-0.1, -0.05) is 49.7 Å². The SMILES string of the molecule is Cc1ccc(C2CC(=O)N(c3ccc(C)cc3[N+](=O)[O-])C3=C2C(=O)CC(C)(C)C3)cc1. The Kier molecular flexibility index (Phi) is 5.04. The highest BCUT2D eigenvalue weighted by Gasteiger charge is 2.45. The summed E-state index contributed by atoms with van der Waals surface area (Å²) in [4.78, 5) is 39.5. The number of hydrogen-bond acceptors (Lipinski definition) is 4. The van der Waals surface area contributed by atoms with Gasteiger partial charge in [-0.05, 0) is 42.9 Å². The minimum Gasteiger partial charge on any atom is -0.294 e. The Hall–Kier alpha value is -3.28. The van der Waals surface area contributed by atoms with Gasteiger partial charge in [0.15, 0.2) is 5.78 Å². The third-order valence-electron chi connectivity index (χ3n) is 6.19. The number of amides is 1. The fraction of sp³-hybridized carbons (Fsp3) is 0.360. The molecule has 1 unspecified atom stereocenters. The summed E-state index contributed by atoms with van der Waals surface area (Å²) in [6, 6.07) is 12.8. The lowest BCUT2D eigenvalue weighted by Crippen LogP contribution is -2.44. The molecule has 0 radical (unpaired) electrons. The molecular weight excluding hydrogens is 392 g/mol. The zero-order valence-corrected chi connectivity index (χ0v) is 18.3. The minimum absolute atomic E-state index is 0.0177. The molecule has 2 aliphatic rings. The predicted molar refractivity (Wildman–Crippen MR) is 119 cm³/mol. The van der Waals surface area contributed by atoms with Crippen LogP contribution in [-0.2, 0) is 9.59 Å². The zero-order chi connectivity index (χ0) is 22.5. The van der Waals surface area contributed by atoms with Crippen LogP contribution in [0, 0.1) is 29.4 Å². The third kappa shape index (κ3) is 3.78. The quantitative estimate of drug-likeness (QED) is 0.495. The number of aryl methyl sites for hydroxylation is 2. The molecule has 6 nitrogen and oxygen atoms in total.